The molecule has 1 saturated carbocycles. The van der Waals surface area contributed by atoms with E-state index in [1.165, 1.54) is 56.2 Å². The SMILES string of the molecule is ClC1CCCCC1C1CCCc2cccnc21. The number of halogens is 1. The van der Waals surface area contributed by atoms with Gasteiger partial charge in [-0.05, 0) is 49.7 Å². The van der Waals surface area contributed by atoms with E-state index in [1.54, 1.807) is 0 Å². The smallest absolute Gasteiger partial charge is 0.0469 e. The molecular weight excluding hydrogens is 230 g/mol. The Hall–Kier alpha value is -0.560. The van der Waals surface area contributed by atoms with Crippen LogP contribution in [0.4, 0.5) is 0 Å². The maximum absolute atomic E-state index is 6.55. The van der Waals surface area contributed by atoms with Crippen molar-refractivity contribution in [1.29, 1.82) is 0 Å². The summed E-state index contributed by atoms with van der Waals surface area (Å²) in [5.74, 6) is 1.29. The fourth-order valence-electron chi connectivity index (χ4n) is 3.63. The second-order valence-corrected chi connectivity index (χ2v) is 6.07. The number of aromatic nitrogens is 1. The molecule has 0 aliphatic heterocycles. The molecule has 3 unspecified atom stereocenters. The van der Waals surface area contributed by atoms with Crippen molar-refractivity contribution in [2.45, 2.75) is 56.2 Å². The van der Waals surface area contributed by atoms with Crippen LogP contribution in [-0.4, -0.2) is 10.4 Å². The highest BCUT2D eigenvalue weighted by Gasteiger charge is 2.34. The zero-order chi connectivity index (χ0) is 11.7. The van der Waals surface area contributed by atoms with E-state index in [0.29, 0.717) is 17.2 Å². The Morgan fingerprint density at radius 3 is 2.88 bits per heavy atom. The molecule has 1 nitrogen and oxygen atoms in total. The quantitative estimate of drug-likeness (QED) is 0.677. The standard InChI is InChI=1S/C15H20ClN/c16-14-9-2-1-7-12(14)13-8-3-5-11-6-4-10-17-15(11)13/h4,6,10,12-14H,1-3,5,7-9H2. The zero-order valence-corrected chi connectivity index (χ0v) is 11.0. The van der Waals surface area contributed by atoms with Crippen molar-refractivity contribution in [3.8, 4) is 0 Å². The summed E-state index contributed by atoms with van der Waals surface area (Å²) >= 11 is 6.55. The molecule has 0 spiro atoms. The second kappa shape index (κ2) is 4.97. The Morgan fingerprint density at radius 1 is 1.12 bits per heavy atom. The van der Waals surface area contributed by atoms with Crippen LogP contribution >= 0.6 is 11.6 Å². The highest BCUT2D eigenvalue weighted by molar-refractivity contribution is 6.20. The van der Waals surface area contributed by atoms with Crippen LogP contribution in [0.3, 0.4) is 0 Å². The molecule has 0 aromatic carbocycles. The molecule has 1 aromatic rings. The van der Waals surface area contributed by atoms with Gasteiger partial charge in [-0.2, -0.15) is 0 Å². The van der Waals surface area contributed by atoms with E-state index in [-0.39, 0.29) is 0 Å². The highest BCUT2D eigenvalue weighted by atomic mass is 35.5. The summed E-state index contributed by atoms with van der Waals surface area (Å²) in [7, 11) is 0. The number of pyridine rings is 1. The highest BCUT2D eigenvalue weighted by Crippen LogP contribution is 2.43. The Labute approximate surface area is 109 Å². The Bertz CT molecular complexity index is 390. The van der Waals surface area contributed by atoms with E-state index >= 15 is 0 Å². The van der Waals surface area contributed by atoms with Gasteiger partial charge < -0.3 is 0 Å². The van der Waals surface area contributed by atoms with Crippen LogP contribution in [0.25, 0.3) is 0 Å². The number of nitrogens with zero attached hydrogens (tertiary/aromatic N) is 1. The van der Waals surface area contributed by atoms with Gasteiger partial charge in [-0.15, -0.1) is 11.6 Å². The largest absolute Gasteiger partial charge is 0.261 e. The molecule has 2 heteroatoms. The topological polar surface area (TPSA) is 12.9 Å². The van der Waals surface area contributed by atoms with E-state index in [0.717, 1.165) is 0 Å². The van der Waals surface area contributed by atoms with Gasteiger partial charge in [-0.25, -0.2) is 0 Å². The van der Waals surface area contributed by atoms with Gasteiger partial charge in [0.25, 0.3) is 0 Å². The van der Waals surface area contributed by atoms with E-state index in [4.69, 9.17) is 11.6 Å². The van der Waals surface area contributed by atoms with Crippen LogP contribution in [0.5, 0.6) is 0 Å². The Morgan fingerprint density at radius 2 is 2.00 bits per heavy atom. The molecule has 3 rings (SSSR count). The normalized spacial score (nSPS) is 33.1. The van der Waals surface area contributed by atoms with E-state index in [9.17, 15) is 0 Å². The van der Waals surface area contributed by atoms with Crippen LogP contribution in [0.2, 0.25) is 0 Å². The predicted octanol–water partition coefficient (Wildman–Crippen LogP) is 4.30. The molecule has 1 aromatic heterocycles. The average Bonchev–Trinajstić information content (AvgIpc) is 2.39. The first-order valence-corrected chi connectivity index (χ1v) is 7.38. The third-order valence-corrected chi connectivity index (χ3v) is 5.03. The van der Waals surface area contributed by atoms with Crippen molar-refractivity contribution in [3.63, 3.8) is 0 Å². The number of aryl methyl sites for hydroxylation is 1. The van der Waals surface area contributed by atoms with Crippen molar-refractivity contribution in [2.24, 2.45) is 5.92 Å². The molecule has 1 fully saturated rings. The van der Waals surface area contributed by atoms with Gasteiger partial charge >= 0.3 is 0 Å². The van der Waals surface area contributed by atoms with Crippen LogP contribution in [0.1, 0.15) is 55.7 Å². The van der Waals surface area contributed by atoms with Crippen molar-refractivity contribution >= 4 is 11.6 Å². The van der Waals surface area contributed by atoms with Gasteiger partial charge in [0, 0.05) is 23.2 Å². The van der Waals surface area contributed by atoms with Crippen molar-refractivity contribution in [1.82, 2.24) is 4.98 Å². The molecule has 17 heavy (non-hydrogen) atoms. The van der Waals surface area contributed by atoms with Crippen LogP contribution < -0.4 is 0 Å². The van der Waals surface area contributed by atoms with Crippen LogP contribution in [-0.2, 0) is 6.42 Å². The first-order valence-electron chi connectivity index (χ1n) is 6.94. The maximum Gasteiger partial charge on any atom is 0.0469 e. The van der Waals surface area contributed by atoms with Gasteiger partial charge in [0.2, 0.25) is 0 Å². The van der Waals surface area contributed by atoms with E-state index in [1.807, 2.05) is 6.20 Å². The van der Waals surface area contributed by atoms with Crippen LogP contribution in [0.15, 0.2) is 18.3 Å². The summed E-state index contributed by atoms with van der Waals surface area (Å²) in [4.78, 5) is 4.65. The number of hydrogen-bond donors (Lipinski definition) is 0. The molecule has 0 N–H and O–H groups in total. The van der Waals surface area contributed by atoms with Crippen molar-refractivity contribution in [2.75, 3.05) is 0 Å². The predicted molar refractivity (Wildman–Crippen MR) is 71.5 cm³/mol. The van der Waals surface area contributed by atoms with Crippen molar-refractivity contribution in [3.05, 3.63) is 29.6 Å². The van der Waals surface area contributed by atoms with Gasteiger partial charge in [-0.1, -0.05) is 18.9 Å². The summed E-state index contributed by atoms with van der Waals surface area (Å²) in [5.41, 5.74) is 2.83. The third kappa shape index (κ3) is 2.22. The summed E-state index contributed by atoms with van der Waals surface area (Å²) in [6, 6.07) is 4.32. The summed E-state index contributed by atoms with van der Waals surface area (Å²) in [5, 5.41) is 0.377. The first kappa shape index (κ1) is 11.5. The van der Waals surface area contributed by atoms with Gasteiger partial charge in [-0.3, -0.25) is 4.98 Å². The molecule has 0 bridgehead atoms. The molecule has 0 amide bonds. The molecule has 0 saturated heterocycles. The zero-order valence-electron chi connectivity index (χ0n) is 10.2. The number of rotatable bonds is 1. The molecule has 92 valence electrons. The molecule has 0 radical (unpaired) electrons. The second-order valence-electron chi connectivity index (χ2n) is 5.51. The van der Waals surface area contributed by atoms with Crippen LogP contribution in [0, 0.1) is 5.92 Å². The minimum Gasteiger partial charge on any atom is -0.261 e. The fourth-order valence-corrected chi connectivity index (χ4v) is 4.09. The van der Waals surface area contributed by atoms with Gasteiger partial charge in [0.1, 0.15) is 0 Å². The lowest BCUT2D eigenvalue weighted by molar-refractivity contribution is 0.285. The maximum atomic E-state index is 6.55. The monoisotopic (exact) mass is 249 g/mol. The Balaban J connectivity index is 1.89. The molecule has 3 atom stereocenters. The minimum absolute atomic E-state index is 0.377. The van der Waals surface area contributed by atoms with E-state index < -0.39 is 0 Å². The first-order chi connectivity index (χ1) is 8.36. The number of hydrogen-bond acceptors (Lipinski definition) is 1. The summed E-state index contributed by atoms with van der Waals surface area (Å²) in [6.07, 6.45) is 10.9. The van der Waals surface area contributed by atoms with Crippen molar-refractivity contribution < 1.29 is 0 Å². The molecule has 2 aliphatic rings. The van der Waals surface area contributed by atoms with Gasteiger partial charge in [0.05, 0.1) is 0 Å². The summed E-state index contributed by atoms with van der Waals surface area (Å²) < 4.78 is 0. The van der Waals surface area contributed by atoms with Gasteiger partial charge in [0.15, 0.2) is 0 Å². The molecular formula is C15H20ClN. The third-order valence-electron chi connectivity index (χ3n) is 4.49. The Kier molecular flexibility index (Phi) is 3.37. The summed E-state index contributed by atoms with van der Waals surface area (Å²) in [6.45, 7) is 0. The number of alkyl halides is 1. The van der Waals surface area contributed by atoms with E-state index in [2.05, 4.69) is 17.1 Å². The lowest BCUT2D eigenvalue weighted by Crippen LogP contribution is -2.29. The molecule has 2 aliphatic carbocycles. The average molecular weight is 250 g/mol. The lowest BCUT2D eigenvalue weighted by atomic mass is 9.72. The number of fused-ring (bicyclic) bond motifs is 1. The molecule has 1 heterocycles. The fraction of sp³-hybridized carbons (Fsp3) is 0.667. The minimum atomic E-state index is 0.377. The lowest BCUT2D eigenvalue weighted by Gasteiger charge is -2.36.